The van der Waals surface area contributed by atoms with Gasteiger partial charge in [-0.3, -0.25) is 0 Å². The van der Waals surface area contributed by atoms with E-state index in [0.29, 0.717) is 12.8 Å². The summed E-state index contributed by atoms with van der Waals surface area (Å²) >= 11 is 0. The van der Waals surface area contributed by atoms with Crippen LogP contribution in [-0.4, -0.2) is 87.3 Å². The van der Waals surface area contributed by atoms with Crippen molar-refractivity contribution < 1.29 is 28.7 Å². The molecule has 2 N–H and O–H groups in total. The summed E-state index contributed by atoms with van der Waals surface area (Å²) in [5.41, 5.74) is 1.96. The van der Waals surface area contributed by atoms with Gasteiger partial charge in [0.25, 0.3) is 0 Å². The lowest BCUT2D eigenvalue weighted by molar-refractivity contribution is -0.141. The molecule has 0 aliphatic rings. The van der Waals surface area contributed by atoms with E-state index < -0.39 is 24.0 Å². The van der Waals surface area contributed by atoms with E-state index in [-0.39, 0.29) is 25.3 Å². The molecule has 0 heterocycles. The summed E-state index contributed by atoms with van der Waals surface area (Å²) in [6, 6.07) is 17.6. The van der Waals surface area contributed by atoms with Gasteiger partial charge in [-0.05, 0) is 24.0 Å². The number of carbonyl (C=O) groups is 4. The van der Waals surface area contributed by atoms with Crippen LogP contribution < -0.4 is 10.6 Å². The smallest absolute Gasteiger partial charge is 0.331 e. The van der Waals surface area contributed by atoms with Crippen LogP contribution in [0, 0.1) is 0 Å². The summed E-state index contributed by atoms with van der Waals surface area (Å²) in [5.74, 6) is -1.48. The Balaban J connectivity index is 1.93. The predicted octanol–water partition coefficient (Wildman–Crippen LogP) is 2.39. The number of nitrogens with one attached hydrogen (secondary N) is 2. The minimum absolute atomic E-state index is 0.0624. The number of hydrogen-bond acceptors (Lipinski definition) is 6. The Labute approximate surface area is 223 Å². The maximum absolute atomic E-state index is 12.3. The van der Waals surface area contributed by atoms with Gasteiger partial charge >= 0.3 is 24.0 Å². The minimum atomic E-state index is -0.742. The third kappa shape index (κ3) is 9.96. The average molecular weight is 525 g/mol. The Morgan fingerprint density at radius 1 is 0.684 bits per heavy atom. The van der Waals surface area contributed by atoms with Gasteiger partial charge in [0.15, 0.2) is 0 Å². The van der Waals surface area contributed by atoms with Gasteiger partial charge in [0.1, 0.15) is 13.2 Å². The molecule has 0 unspecified atom stereocenters. The van der Waals surface area contributed by atoms with Gasteiger partial charge in [-0.15, -0.1) is 0 Å². The fourth-order valence-electron chi connectivity index (χ4n) is 3.66. The molecule has 10 nitrogen and oxygen atoms in total. The van der Waals surface area contributed by atoms with Crippen molar-refractivity contribution in [1.82, 2.24) is 20.4 Å². The lowest BCUT2D eigenvalue weighted by Gasteiger charge is -2.27. The molecule has 2 rings (SSSR count). The first-order valence-corrected chi connectivity index (χ1v) is 12.2. The van der Waals surface area contributed by atoms with Crippen molar-refractivity contribution in [1.29, 1.82) is 0 Å². The lowest BCUT2D eigenvalue weighted by atomic mass is 10.1. The third-order valence-electron chi connectivity index (χ3n) is 5.98. The second kappa shape index (κ2) is 15.7. The van der Waals surface area contributed by atoms with E-state index in [9.17, 15) is 19.2 Å². The summed E-state index contributed by atoms with van der Waals surface area (Å²) < 4.78 is 10.6. The molecular weight excluding hydrogens is 488 g/mol. The number of esters is 2. The molecule has 0 aliphatic carbocycles. The van der Waals surface area contributed by atoms with Crippen molar-refractivity contribution in [2.75, 3.05) is 41.4 Å². The number of benzene rings is 2. The Kier molecular flexibility index (Phi) is 12.4. The number of carbonyl (C=O) groups excluding carboxylic acids is 4. The van der Waals surface area contributed by atoms with Crippen molar-refractivity contribution in [2.45, 2.75) is 24.9 Å². The van der Waals surface area contributed by atoms with Crippen LogP contribution in [0.25, 0.3) is 0 Å². The molecule has 10 heteroatoms. The number of amides is 4. The molecule has 204 valence electrons. The number of urea groups is 2. The molecule has 0 aliphatic heterocycles. The fraction of sp³-hybridized carbons (Fsp3) is 0.357. The average Bonchev–Trinajstić information content (AvgIpc) is 2.95. The van der Waals surface area contributed by atoms with Gasteiger partial charge in [0.05, 0.1) is 12.1 Å². The van der Waals surface area contributed by atoms with Gasteiger partial charge in [-0.2, -0.15) is 0 Å². The molecule has 4 amide bonds. The highest BCUT2D eigenvalue weighted by atomic mass is 16.5. The first kappa shape index (κ1) is 29.9. The molecule has 0 saturated carbocycles. The number of nitrogens with zero attached hydrogens (tertiary/aromatic N) is 2. The lowest BCUT2D eigenvalue weighted by Crippen LogP contribution is -2.46. The van der Waals surface area contributed by atoms with E-state index in [1.54, 1.807) is 14.1 Å². The van der Waals surface area contributed by atoms with Gasteiger partial charge in [0.2, 0.25) is 0 Å². The summed E-state index contributed by atoms with van der Waals surface area (Å²) in [7, 11) is 6.29. The van der Waals surface area contributed by atoms with Crippen LogP contribution >= 0.6 is 0 Å². The van der Waals surface area contributed by atoms with E-state index in [0.717, 1.165) is 23.3 Å². The van der Waals surface area contributed by atoms with Crippen LogP contribution in [0.4, 0.5) is 9.59 Å². The highest BCUT2D eigenvalue weighted by molar-refractivity contribution is 5.91. The van der Waals surface area contributed by atoms with E-state index in [2.05, 4.69) is 10.6 Å². The van der Waals surface area contributed by atoms with Gasteiger partial charge in [-0.1, -0.05) is 60.7 Å². The summed E-state index contributed by atoms with van der Waals surface area (Å²) in [5, 5.41) is 5.12. The highest BCUT2D eigenvalue weighted by Gasteiger charge is 2.22. The van der Waals surface area contributed by atoms with Crippen molar-refractivity contribution in [3.8, 4) is 0 Å². The van der Waals surface area contributed by atoms with E-state index in [1.165, 1.54) is 23.9 Å². The highest BCUT2D eigenvalue weighted by Crippen LogP contribution is 2.11. The number of rotatable bonds is 12. The standard InChI is InChI=1S/C28H36N4O6/c1-29-27(35)31(3)23(17-21-11-7-5-8-12-21)19-37-25(33)15-16-26(34)38-20-24(32(4)28(36)30-2)18-22-13-9-6-10-14-22/h5-16,23-24H,17-20H2,1-4H3,(H,29,35)(H,30,36)/b16-15+/t23-,24-/m0/s1. The largest absolute Gasteiger partial charge is 0.460 e. The topological polar surface area (TPSA) is 117 Å². The van der Waals surface area contributed by atoms with Crippen LogP contribution in [0.1, 0.15) is 11.1 Å². The van der Waals surface area contributed by atoms with Gasteiger partial charge in [-0.25, -0.2) is 19.2 Å². The molecule has 0 saturated heterocycles. The molecule has 0 spiro atoms. The maximum Gasteiger partial charge on any atom is 0.331 e. The Hall–Kier alpha value is -4.34. The van der Waals surface area contributed by atoms with E-state index in [4.69, 9.17) is 9.47 Å². The van der Waals surface area contributed by atoms with Crippen LogP contribution in [0.2, 0.25) is 0 Å². The molecule has 0 bridgehead atoms. The number of likely N-dealkylation sites (N-methyl/N-ethyl adjacent to an activating group) is 2. The summed E-state index contributed by atoms with van der Waals surface area (Å²) in [4.78, 5) is 51.8. The molecule has 0 fully saturated rings. The monoisotopic (exact) mass is 524 g/mol. The van der Waals surface area contributed by atoms with Crippen LogP contribution in [0.3, 0.4) is 0 Å². The zero-order chi connectivity index (χ0) is 27.9. The zero-order valence-corrected chi connectivity index (χ0v) is 22.3. The van der Waals surface area contributed by atoms with E-state index in [1.807, 2.05) is 60.7 Å². The van der Waals surface area contributed by atoms with Gasteiger partial charge < -0.3 is 29.9 Å². The number of hydrogen-bond donors (Lipinski definition) is 2. The first-order valence-electron chi connectivity index (χ1n) is 12.2. The van der Waals surface area contributed by atoms with E-state index >= 15 is 0 Å². The molecule has 2 aromatic carbocycles. The molecule has 2 atom stereocenters. The van der Waals surface area contributed by atoms with Crippen LogP contribution in [0.5, 0.6) is 0 Å². The van der Waals surface area contributed by atoms with Crippen LogP contribution in [0.15, 0.2) is 72.8 Å². The minimum Gasteiger partial charge on any atom is -0.460 e. The summed E-state index contributed by atoms with van der Waals surface area (Å²) in [6.45, 7) is -0.125. The Morgan fingerprint density at radius 2 is 1.03 bits per heavy atom. The van der Waals surface area contributed by atoms with Crippen molar-refractivity contribution in [3.05, 3.63) is 83.9 Å². The SMILES string of the molecule is CNC(=O)N(C)[C@H](COC(=O)/C=C/C(=O)OC[C@H](Cc1ccccc1)N(C)C(=O)NC)Cc1ccccc1. The van der Waals surface area contributed by atoms with Gasteiger partial charge in [0, 0.05) is 40.3 Å². The quantitative estimate of drug-likeness (QED) is 0.325. The molecule has 0 radical (unpaired) electrons. The molecule has 0 aromatic heterocycles. The van der Waals surface area contributed by atoms with Crippen molar-refractivity contribution >= 4 is 24.0 Å². The third-order valence-corrected chi connectivity index (χ3v) is 5.98. The summed E-state index contributed by atoms with van der Waals surface area (Å²) in [6.07, 6.45) is 2.92. The first-order chi connectivity index (χ1) is 18.2. The predicted molar refractivity (Wildman–Crippen MR) is 143 cm³/mol. The maximum atomic E-state index is 12.3. The Bertz CT molecular complexity index is 992. The second-order valence-electron chi connectivity index (χ2n) is 8.61. The van der Waals surface area contributed by atoms with Crippen LogP contribution in [-0.2, 0) is 31.9 Å². The normalized spacial score (nSPS) is 12.2. The van der Waals surface area contributed by atoms with Crippen molar-refractivity contribution in [2.24, 2.45) is 0 Å². The Morgan fingerprint density at radius 3 is 1.34 bits per heavy atom. The number of ether oxygens (including phenoxy) is 2. The molecule has 38 heavy (non-hydrogen) atoms. The van der Waals surface area contributed by atoms with Crippen molar-refractivity contribution in [3.63, 3.8) is 0 Å². The molecular formula is C28H36N4O6. The second-order valence-corrected chi connectivity index (χ2v) is 8.61. The fourth-order valence-corrected chi connectivity index (χ4v) is 3.66. The molecule has 2 aromatic rings. The zero-order valence-electron chi connectivity index (χ0n) is 22.3.